The molecule has 0 bridgehead atoms. The summed E-state index contributed by atoms with van der Waals surface area (Å²) in [6.07, 6.45) is 0. The smallest absolute Gasteiger partial charge is 0.143 e. The molecule has 0 spiro atoms. The van der Waals surface area contributed by atoms with E-state index in [0.29, 0.717) is 0 Å². The summed E-state index contributed by atoms with van der Waals surface area (Å²) in [5.41, 5.74) is 10.5. The average Bonchev–Trinajstić information content (AvgIpc) is 3.80. The van der Waals surface area contributed by atoms with E-state index in [2.05, 4.69) is 182 Å². The highest BCUT2D eigenvalue weighted by Crippen LogP contribution is 2.46. The van der Waals surface area contributed by atoms with Gasteiger partial charge >= 0.3 is 0 Å². The van der Waals surface area contributed by atoms with E-state index in [1.165, 1.54) is 59.8 Å². The third-order valence-corrected chi connectivity index (χ3v) is 11.5. The van der Waals surface area contributed by atoms with Crippen molar-refractivity contribution in [2.75, 3.05) is 0 Å². The summed E-state index contributed by atoms with van der Waals surface area (Å²) in [4.78, 5) is 0. The van der Waals surface area contributed by atoms with Crippen LogP contribution in [-0.2, 0) is 0 Å². The SMILES string of the molecule is c1ccc2c(-c3c4ccccc4c(-c4ccc5c(c4)oc4cc(-c6cccc7c6oc6ccc8ccccc8c67)ccc45)c4ccccc34)cccc2c1. The molecule has 54 heavy (non-hydrogen) atoms. The molecule has 0 fully saturated rings. The summed E-state index contributed by atoms with van der Waals surface area (Å²) in [6, 6.07) is 65.5. The highest BCUT2D eigenvalue weighted by molar-refractivity contribution is 6.24. The van der Waals surface area contributed by atoms with Gasteiger partial charge in [0.15, 0.2) is 0 Å². The topological polar surface area (TPSA) is 26.3 Å². The van der Waals surface area contributed by atoms with E-state index in [4.69, 9.17) is 8.83 Å². The number of para-hydroxylation sites is 1. The lowest BCUT2D eigenvalue weighted by Gasteiger charge is -2.18. The van der Waals surface area contributed by atoms with Gasteiger partial charge in [-0.05, 0) is 101 Å². The Balaban J connectivity index is 1.04. The Morgan fingerprint density at radius 1 is 0.278 bits per heavy atom. The van der Waals surface area contributed by atoms with Gasteiger partial charge < -0.3 is 8.83 Å². The van der Waals surface area contributed by atoms with E-state index in [1.807, 2.05) is 0 Å². The number of hydrogen-bond acceptors (Lipinski definition) is 2. The zero-order chi connectivity index (χ0) is 35.3. The van der Waals surface area contributed by atoms with Gasteiger partial charge in [-0.2, -0.15) is 0 Å². The molecule has 2 nitrogen and oxygen atoms in total. The van der Waals surface area contributed by atoms with Gasteiger partial charge in [0.25, 0.3) is 0 Å². The van der Waals surface area contributed by atoms with Gasteiger partial charge in [0.2, 0.25) is 0 Å². The molecule has 0 unspecified atom stereocenters. The summed E-state index contributed by atoms with van der Waals surface area (Å²) in [5, 5.41) is 14.3. The minimum atomic E-state index is 0.860. The Labute approximate surface area is 310 Å². The average molecular weight is 687 g/mol. The fourth-order valence-electron chi connectivity index (χ4n) is 9.07. The predicted molar refractivity (Wildman–Crippen MR) is 227 cm³/mol. The fourth-order valence-corrected chi connectivity index (χ4v) is 9.07. The zero-order valence-corrected chi connectivity index (χ0v) is 29.1. The lowest BCUT2D eigenvalue weighted by atomic mass is 9.84. The molecule has 0 atom stereocenters. The lowest BCUT2D eigenvalue weighted by Crippen LogP contribution is -1.91. The van der Waals surface area contributed by atoms with Gasteiger partial charge in [0.05, 0.1) is 0 Å². The van der Waals surface area contributed by atoms with Crippen LogP contribution in [-0.4, -0.2) is 0 Å². The molecule has 0 saturated carbocycles. The highest BCUT2D eigenvalue weighted by Gasteiger charge is 2.20. The van der Waals surface area contributed by atoms with Crippen LogP contribution in [0, 0.1) is 0 Å². The van der Waals surface area contributed by atoms with Crippen molar-refractivity contribution < 1.29 is 8.83 Å². The zero-order valence-electron chi connectivity index (χ0n) is 29.1. The van der Waals surface area contributed by atoms with Crippen molar-refractivity contribution in [3.63, 3.8) is 0 Å². The van der Waals surface area contributed by atoms with Gasteiger partial charge in [-0.3, -0.25) is 0 Å². The molecule has 10 aromatic carbocycles. The summed E-state index contributed by atoms with van der Waals surface area (Å²) < 4.78 is 13.3. The number of furan rings is 2. The van der Waals surface area contributed by atoms with Gasteiger partial charge in [-0.25, -0.2) is 0 Å². The molecule has 0 amide bonds. The Morgan fingerprint density at radius 3 is 1.52 bits per heavy atom. The van der Waals surface area contributed by atoms with Crippen molar-refractivity contribution in [1.82, 2.24) is 0 Å². The first-order valence-electron chi connectivity index (χ1n) is 18.5. The van der Waals surface area contributed by atoms with Crippen LogP contribution >= 0.6 is 0 Å². The van der Waals surface area contributed by atoms with Gasteiger partial charge in [-0.15, -0.1) is 0 Å². The third kappa shape index (κ3) is 4.17. The van der Waals surface area contributed by atoms with Crippen LogP contribution in [0.2, 0.25) is 0 Å². The van der Waals surface area contributed by atoms with Gasteiger partial charge in [0, 0.05) is 27.1 Å². The highest BCUT2D eigenvalue weighted by atomic mass is 16.3. The lowest BCUT2D eigenvalue weighted by molar-refractivity contribution is 0.668. The molecule has 0 aliphatic rings. The third-order valence-electron chi connectivity index (χ3n) is 11.5. The fraction of sp³-hybridized carbons (Fsp3) is 0. The Bertz CT molecular complexity index is 3440. The van der Waals surface area contributed by atoms with E-state index < -0.39 is 0 Å². The first kappa shape index (κ1) is 29.4. The summed E-state index contributed by atoms with van der Waals surface area (Å²) in [5.74, 6) is 0. The molecule has 0 saturated heterocycles. The Hall–Kier alpha value is -7.16. The molecule has 2 aromatic heterocycles. The number of benzene rings is 10. The van der Waals surface area contributed by atoms with Crippen molar-refractivity contribution in [1.29, 1.82) is 0 Å². The van der Waals surface area contributed by atoms with Crippen molar-refractivity contribution >= 4 is 87.0 Å². The molecule has 0 radical (unpaired) electrons. The van der Waals surface area contributed by atoms with Crippen molar-refractivity contribution in [3.8, 4) is 33.4 Å². The monoisotopic (exact) mass is 686 g/mol. The van der Waals surface area contributed by atoms with Crippen LogP contribution in [0.5, 0.6) is 0 Å². The summed E-state index contributed by atoms with van der Waals surface area (Å²) >= 11 is 0. The first-order chi connectivity index (χ1) is 26.8. The molecule has 0 N–H and O–H groups in total. The Morgan fingerprint density at radius 2 is 0.796 bits per heavy atom. The molecule has 250 valence electrons. The molecular weight excluding hydrogens is 657 g/mol. The maximum absolute atomic E-state index is 6.74. The van der Waals surface area contributed by atoms with Crippen molar-refractivity contribution in [3.05, 3.63) is 182 Å². The van der Waals surface area contributed by atoms with E-state index >= 15 is 0 Å². The van der Waals surface area contributed by atoms with Crippen LogP contribution in [0.25, 0.3) is 120 Å². The van der Waals surface area contributed by atoms with Gasteiger partial charge in [0.1, 0.15) is 22.3 Å². The minimum absolute atomic E-state index is 0.860. The van der Waals surface area contributed by atoms with E-state index in [0.717, 1.165) is 60.6 Å². The molecular formula is C52H30O2. The first-order valence-corrected chi connectivity index (χ1v) is 18.5. The van der Waals surface area contributed by atoms with Crippen LogP contribution in [0.1, 0.15) is 0 Å². The molecule has 12 aromatic rings. The molecule has 2 heterocycles. The molecule has 2 heteroatoms. The summed E-state index contributed by atoms with van der Waals surface area (Å²) in [6.45, 7) is 0. The quantitative estimate of drug-likeness (QED) is 0.173. The molecule has 0 aliphatic heterocycles. The predicted octanol–water partition coefficient (Wildman–Crippen LogP) is 15.1. The van der Waals surface area contributed by atoms with Crippen molar-refractivity contribution in [2.45, 2.75) is 0 Å². The maximum Gasteiger partial charge on any atom is 0.143 e. The summed E-state index contributed by atoms with van der Waals surface area (Å²) in [7, 11) is 0. The second-order valence-corrected chi connectivity index (χ2v) is 14.3. The second kappa shape index (κ2) is 11.2. The number of fused-ring (bicyclic) bond motifs is 11. The normalized spacial score (nSPS) is 12.1. The number of rotatable bonds is 3. The van der Waals surface area contributed by atoms with Crippen LogP contribution in [0.15, 0.2) is 191 Å². The molecule has 12 rings (SSSR count). The van der Waals surface area contributed by atoms with Crippen LogP contribution in [0.4, 0.5) is 0 Å². The van der Waals surface area contributed by atoms with E-state index in [1.54, 1.807) is 0 Å². The van der Waals surface area contributed by atoms with Crippen molar-refractivity contribution in [2.24, 2.45) is 0 Å². The van der Waals surface area contributed by atoms with Crippen LogP contribution < -0.4 is 0 Å². The maximum atomic E-state index is 6.74. The standard InChI is InChI=1S/C52H30O2/c1-3-14-35-31(11-1)13-9-21-40(35)50-43-18-7-5-16-41(43)49(42-17-6-8-19-44(42)50)34-24-27-39-38-26-23-33(29-47(38)53-48(39)30-34)37-20-10-22-45-51-36-15-4-2-12-32(36)25-28-46(51)54-52(37)45/h1-30H. The van der Waals surface area contributed by atoms with Gasteiger partial charge in [-0.1, -0.05) is 152 Å². The molecule has 0 aliphatic carbocycles. The Kier molecular flexibility index (Phi) is 6.09. The minimum Gasteiger partial charge on any atom is -0.456 e. The van der Waals surface area contributed by atoms with E-state index in [9.17, 15) is 0 Å². The van der Waals surface area contributed by atoms with Crippen LogP contribution in [0.3, 0.4) is 0 Å². The largest absolute Gasteiger partial charge is 0.456 e. The number of hydrogen-bond donors (Lipinski definition) is 0. The second-order valence-electron chi connectivity index (χ2n) is 14.3. The van der Waals surface area contributed by atoms with E-state index in [-0.39, 0.29) is 0 Å².